The van der Waals surface area contributed by atoms with Crippen molar-refractivity contribution in [3.8, 4) is 11.8 Å². The summed E-state index contributed by atoms with van der Waals surface area (Å²) in [6.45, 7) is 11.2. The predicted octanol–water partition coefficient (Wildman–Crippen LogP) is 5.71. The third-order valence-corrected chi connectivity index (χ3v) is 12.4. The van der Waals surface area contributed by atoms with Crippen molar-refractivity contribution in [2.45, 2.75) is 58.0 Å². The number of ketones is 1. The van der Waals surface area contributed by atoms with Crippen LogP contribution in [0.25, 0.3) is 0 Å². The van der Waals surface area contributed by atoms with Gasteiger partial charge in [0, 0.05) is 76.4 Å². The Kier molecular flexibility index (Phi) is 23.1. The standard InChI is InChI=1S/C52H71N5O11/c1-40-10-7-14-47(54-40)50(57-24-30-66-36-34-64-28-22-56(23-29-65-35-37-67-31-25-57)38-43-11-8-15-48(55-43)51(59)61-2)42-19-17-41(18-20-42)49(58)16-9-26-62-32-33-63-27-21-53-52(60)68-39-46-44-12-5-3-4-6-13-45(44)46/h7-8,10-11,14-15,17-20,44-46,50H,5-6,9,12-13,16,21-39H2,1-2H3,(H,53,60)/t44-,45+,46?,50?. The van der Waals surface area contributed by atoms with E-state index in [9.17, 15) is 14.4 Å². The van der Waals surface area contributed by atoms with Crippen LogP contribution in [0.15, 0.2) is 60.7 Å². The number of aryl methyl sites for hydroxylation is 1. The average molecular weight is 942 g/mol. The van der Waals surface area contributed by atoms with Gasteiger partial charge >= 0.3 is 12.1 Å². The van der Waals surface area contributed by atoms with E-state index in [1.807, 2.05) is 55.5 Å². The molecule has 370 valence electrons. The summed E-state index contributed by atoms with van der Waals surface area (Å²) in [7, 11) is 1.35. The molecule has 2 aliphatic carbocycles. The van der Waals surface area contributed by atoms with Gasteiger partial charge in [0.25, 0.3) is 0 Å². The molecule has 16 heteroatoms. The Hall–Kier alpha value is -4.83. The van der Waals surface area contributed by atoms with E-state index in [1.165, 1.54) is 7.11 Å². The fourth-order valence-corrected chi connectivity index (χ4v) is 8.72. The Morgan fingerprint density at radius 3 is 2.03 bits per heavy atom. The number of methoxy groups -OCH3 is 1. The van der Waals surface area contributed by atoms with E-state index in [4.69, 9.17) is 42.9 Å². The Morgan fingerprint density at radius 1 is 0.750 bits per heavy atom. The smallest absolute Gasteiger partial charge is 0.407 e. The van der Waals surface area contributed by atoms with Crippen LogP contribution in [0.2, 0.25) is 0 Å². The van der Waals surface area contributed by atoms with E-state index in [1.54, 1.807) is 12.1 Å². The predicted molar refractivity (Wildman–Crippen MR) is 254 cm³/mol. The number of fused-ring (bicyclic) bond motifs is 1. The van der Waals surface area contributed by atoms with E-state index in [0.717, 1.165) is 48.3 Å². The zero-order valence-corrected chi connectivity index (χ0v) is 40.0. The largest absolute Gasteiger partial charge is 0.464 e. The van der Waals surface area contributed by atoms with E-state index in [2.05, 4.69) is 31.9 Å². The van der Waals surface area contributed by atoms with Crippen molar-refractivity contribution < 1.29 is 52.3 Å². The van der Waals surface area contributed by atoms with Gasteiger partial charge in [0.2, 0.25) is 0 Å². The van der Waals surface area contributed by atoms with Crippen molar-refractivity contribution in [2.24, 2.45) is 17.8 Å². The van der Waals surface area contributed by atoms with E-state index < -0.39 is 12.1 Å². The Morgan fingerprint density at radius 2 is 1.38 bits per heavy atom. The topological polar surface area (TPSA) is 169 Å². The number of rotatable bonds is 19. The van der Waals surface area contributed by atoms with E-state index in [-0.39, 0.29) is 17.5 Å². The van der Waals surface area contributed by atoms with Crippen LogP contribution in [-0.2, 0) is 44.4 Å². The number of hydrogen-bond acceptors (Lipinski definition) is 15. The molecule has 16 nitrogen and oxygen atoms in total. The molecule has 3 heterocycles. The number of pyridine rings is 2. The van der Waals surface area contributed by atoms with Crippen molar-refractivity contribution in [2.75, 3.05) is 126 Å². The first-order valence-corrected chi connectivity index (χ1v) is 24.3. The highest BCUT2D eigenvalue weighted by Gasteiger charge is 2.49. The van der Waals surface area contributed by atoms with Crippen molar-refractivity contribution in [3.63, 3.8) is 0 Å². The zero-order valence-electron chi connectivity index (χ0n) is 40.0. The molecule has 1 amide bonds. The molecule has 1 N–H and O–H groups in total. The second kappa shape index (κ2) is 29.9. The molecule has 2 aromatic heterocycles. The summed E-state index contributed by atoms with van der Waals surface area (Å²) >= 11 is 0. The van der Waals surface area contributed by atoms with Gasteiger partial charge in [0.05, 0.1) is 104 Å². The van der Waals surface area contributed by atoms with Crippen LogP contribution < -0.4 is 5.32 Å². The second-order valence-corrected chi connectivity index (χ2v) is 17.2. The molecule has 0 bridgehead atoms. The number of nitrogens with zero attached hydrogens (tertiary/aromatic N) is 4. The highest BCUT2D eigenvalue weighted by atomic mass is 16.6. The molecule has 1 saturated heterocycles. The number of carbonyl (C=O) groups is 3. The Bertz CT molecular complexity index is 2010. The number of Topliss-reactive ketones (excluding diaryl/α,β-unsaturated/α-hetero) is 1. The van der Waals surface area contributed by atoms with Gasteiger partial charge in [-0.25, -0.2) is 14.6 Å². The Labute approximate surface area is 402 Å². The molecule has 0 radical (unpaired) electrons. The summed E-state index contributed by atoms with van der Waals surface area (Å²) in [6, 6.07) is 19.0. The van der Waals surface area contributed by atoms with Gasteiger partial charge in [0.15, 0.2) is 5.78 Å². The lowest BCUT2D eigenvalue weighted by Gasteiger charge is -2.32. The number of aromatic nitrogens is 2. The highest BCUT2D eigenvalue weighted by molar-refractivity contribution is 5.96. The number of ether oxygens (including phenoxy) is 8. The van der Waals surface area contributed by atoms with E-state index in [0.29, 0.717) is 161 Å². The zero-order chi connectivity index (χ0) is 47.6. The normalized spacial score (nSPS) is 20.7. The summed E-state index contributed by atoms with van der Waals surface area (Å²) in [4.78, 5) is 51.3. The molecular formula is C52H71N5O11. The lowest BCUT2D eigenvalue weighted by molar-refractivity contribution is 0.00331. The fraction of sp³-hybridized carbons (Fsp3) is 0.596. The molecule has 2 fully saturated rings. The molecule has 3 aromatic rings. The molecule has 3 aliphatic rings. The SMILES string of the molecule is COC(=O)c1cccc(CN2CCOCCOCCN(C(c3ccc(C(=O)CCCOCCOCCNC(=O)OCC4[C@H]5CCC#CCC[C@@H]45)cc3)c3cccc(C)n3)CCOCCOCC2)n1. The average Bonchev–Trinajstić information content (AvgIpc) is 4.00. The first kappa shape index (κ1) is 52.5. The molecule has 0 spiro atoms. The van der Waals surface area contributed by atoms with Crippen LogP contribution in [0.4, 0.5) is 4.79 Å². The monoisotopic (exact) mass is 942 g/mol. The van der Waals surface area contributed by atoms with Crippen LogP contribution in [-0.4, -0.2) is 163 Å². The first-order valence-electron chi connectivity index (χ1n) is 24.3. The number of esters is 1. The number of alkyl carbamates (subject to hydrolysis) is 1. The van der Waals surface area contributed by atoms with E-state index >= 15 is 0 Å². The maximum atomic E-state index is 13.2. The van der Waals surface area contributed by atoms with Gasteiger partial charge in [0.1, 0.15) is 5.69 Å². The van der Waals surface area contributed by atoms with Crippen molar-refractivity contribution >= 4 is 17.8 Å². The van der Waals surface area contributed by atoms with Gasteiger partial charge in [-0.1, -0.05) is 36.4 Å². The molecule has 2 unspecified atom stereocenters. The molecular weight excluding hydrogens is 871 g/mol. The van der Waals surface area contributed by atoms with Crippen LogP contribution >= 0.6 is 0 Å². The number of benzene rings is 1. The minimum absolute atomic E-state index is 0.0537. The number of hydrogen-bond donors (Lipinski definition) is 1. The Balaban J connectivity index is 0.904. The van der Waals surface area contributed by atoms with Crippen LogP contribution in [0.3, 0.4) is 0 Å². The lowest BCUT2D eigenvalue weighted by atomic mass is 9.97. The van der Waals surface area contributed by atoms with Gasteiger partial charge in [-0.3, -0.25) is 19.6 Å². The number of carbonyl (C=O) groups excluding carboxylic acids is 3. The lowest BCUT2D eigenvalue weighted by Crippen LogP contribution is -2.36. The van der Waals surface area contributed by atoms with Crippen molar-refractivity contribution in [1.82, 2.24) is 25.1 Å². The van der Waals surface area contributed by atoms with Gasteiger partial charge in [-0.15, -0.1) is 11.8 Å². The quantitative estimate of drug-likeness (QED) is 0.0671. The maximum absolute atomic E-state index is 13.2. The highest BCUT2D eigenvalue weighted by Crippen LogP contribution is 2.52. The third-order valence-electron chi connectivity index (χ3n) is 12.4. The number of amides is 1. The first-order chi connectivity index (χ1) is 33.4. The maximum Gasteiger partial charge on any atom is 0.407 e. The summed E-state index contributed by atoms with van der Waals surface area (Å²) in [5, 5.41) is 2.76. The molecule has 1 aliphatic heterocycles. The minimum atomic E-state index is -0.466. The van der Waals surface area contributed by atoms with Crippen LogP contribution in [0, 0.1) is 36.5 Å². The van der Waals surface area contributed by atoms with Gasteiger partial charge in [-0.2, -0.15) is 0 Å². The summed E-state index contributed by atoms with van der Waals surface area (Å²) < 4.78 is 45.8. The summed E-state index contributed by atoms with van der Waals surface area (Å²) in [6.07, 6.45) is 4.65. The second-order valence-electron chi connectivity index (χ2n) is 17.2. The van der Waals surface area contributed by atoms with Gasteiger partial charge in [-0.05, 0) is 73.8 Å². The molecule has 4 atom stereocenters. The summed E-state index contributed by atoms with van der Waals surface area (Å²) in [5.41, 5.74) is 4.51. The van der Waals surface area contributed by atoms with Crippen molar-refractivity contribution in [3.05, 3.63) is 94.6 Å². The number of nitrogens with one attached hydrogen (secondary N) is 1. The van der Waals surface area contributed by atoms with Gasteiger partial charge < -0.3 is 43.2 Å². The minimum Gasteiger partial charge on any atom is -0.464 e. The summed E-state index contributed by atoms with van der Waals surface area (Å²) in [5.74, 6) is 7.77. The molecule has 1 saturated carbocycles. The molecule has 68 heavy (non-hydrogen) atoms. The molecule has 1 aromatic carbocycles. The van der Waals surface area contributed by atoms with Crippen molar-refractivity contribution in [1.29, 1.82) is 0 Å². The third kappa shape index (κ3) is 18.2. The van der Waals surface area contributed by atoms with Crippen LogP contribution in [0.5, 0.6) is 0 Å². The molecule has 6 rings (SSSR count). The fourth-order valence-electron chi connectivity index (χ4n) is 8.72. The van der Waals surface area contributed by atoms with Crippen LogP contribution in [0.1, 0.15) is 88.1 Å².